The molecule has 5 rings (SSSR count). The van der Waals surface area contributed by atoms with E-state index in [1.54, 1.807) is 0 Å². The number of anilines is 2. The molecule has 0 unspecified atom stereocenters. The third-order valence-corrected chi connectivity index (χ3v) is 7.78. The van der Waals surface area contributed by atoms with Gasteiger partial charge < -0.3 is 21.7 Å². The van der Waals surface area contributed by atoms with Crippen LogP contribution in [-0.2, 0) is 17.6 Å². The standard InChI is InChI=1S/C35H38N4O2/c1-22-16-23(2)28(24(3)17-22)21-31(36)35(41)39-32-14-15-37-33-29(32)19-26(18-25-10-6-4-7-11-25)20-30(33)34(40)38-27-12-8-5-9-13-27/h4-13,16-17,19-20,31-32,37H,14-15,18,21,36H2,1-3H3,(H,38,40)(H,39,41)/t31-,32+/m0/s1. The number of hydrogen-bond acceptors (Lipinski definition) is 4. The smallest absolute Gasteiger partial charge is 0.257 e. The molecule has 0 saturated heterocycles. The highest BCUT2D eigenvalue weighted by Crippen LogP contribution is 2.35. The summed E-state index contributed by atoms with van der Waals surface area (Å²) in [5.74, 6) is -0.380. The first-order valence-corrected chi connectivity index (χ1v) is 14.2. The molecule has 6 heteroatoms. The van der Waals surface area contributed by atoms with Crippen LogP contribution in [0.25, 0.3) is 0 Å². The van der Waals surface area contributed by atoms with E-state index in [-0.39, 0.29) is 17.9 Å². The largest absolute Gasteiger partial charge is 0.384 e. The van der Waals surface area contributed by atoms with Crippen molar-refractivity contribution in [1.82, 2.24) is 5.32 Å². The molecule has 1 heterocycles. The Hall–Kier alpha value is -4.42. The van der Waals surface area contributed by atoms with Crippen molar-refractivity contribution in [3.05, 3.63) is 129 Å². The second-order valence-corrected chi connectivity index (χ2v) is 11.1. The lowest BCUT2D eigenvalue weighted by Gasteiger charge is -2.31. The number of para-hydroxylation sites is 1. The van der Waals surface area contributed by atoms with E-state index in [0.29, 0.717) is 31.4 Å². The molecule has 4 aromatic rings. The van der Waals surface area contributed by atoms with E-state index in [2.05, 4.69) is 67.1 Å². The normalized spacial score (nSPS) is 14.9. The molecular formula is C35H38N4O2. The third-order valence-electron chi connectivity index (χ3n) is 7.78. The number of carbonyl (C=O) groups excluding carboxylic acids is 2. The summed E-state index contributed by atoms with van der Waals surface area (Å²) in [6, 6.07) is 27.0. The van der Waals surface area contributed by atoms with Gasteiger partial charge >= 0.3 is 0 Å². The van der Waals surface area contributed by atoms with E-state index in [9.17, 15) is 9.59 Å². The predicted molar refractivity (Wildman–Crippen MR) is 166 cm³/mol. The Bertz CT molecular complexity index is 1530. The molecule has 0 aromatic heterocycles. The summed E-state index contributed by atoms with van der Waals surface area (Å²) in [7, 11) is 0. The number of carbonyl (C=O) groups is 2. The van der Waals surface area contributed by atoms with Gasteiger partial charge in [-0.25, -0.2) is 0 Å². The second-order valence-electron chi connectivity index (χ2n) is 11.1. The van der Waals surface area contributed by atoms with Gasteiger partial charge in [0.25, 0.3) is 5.91 Å². The van der Waals surface area contributed by atoms with Crippen molar-refractivity contribution in [3.63, 3.8) is 0 Å². The van der Waals surface area contributed by atoms with Crippen molar-refractivity contribution in [2.45, 2.75) is 52.1 Å². The van der Waals surface area contributed by atoms with Crippen LogP contribution in [-0.4, -0.2) is 24.4 Å². The molecule has 2 amide bonds. The van der Waals surface area contributed by atoms with Crippen LogP contribution in [0, 0.1) is 20.8 Å². The zero-order valence-electron chi connectivity index (χ0n) is 24.0. The molecule has 0 radical (unpaired) electrons. The number of fused-ring (bicyclic) bond motifs is 1. The van der Waals surface area contributed by atoms with Crippen molar-refractivity contribution in [2.75, 3.05) is 17.2 Å². The van der Waals surface area contributed by atoms with Gasteiger partial charge in [-0.1, -0.05) is 72.3 Å². The van der Waals surface area contributed by atoms with E-state index >= 15 is 0 Å². The van der Waals surface area contributed by atoms with E-state index < -0.39 is 6.04 Å². The number of rotatable bonds is 8. The van der Waals surface area contributed by atoms with Crippen LogP contribution in [0.5, 0.6) is 0 Å². The molecular weight excluding hydrogens is 508 g/mol. The van der Waals surface area contributed by atoms with Gasteiger partial charge in [0.15, 0.2) is 0 Å². The molecule has 0 fully saturated rings. The Morgan fingerprint density at radius 1 is 0.902 bits per heavy atom. The van der Waals surface area contributed by atoms with Crippen LogP contribution in [0.15, 0.2) is 84.9 Å². The minimum absolute atomic E-state index is 0.189. The maximum atomic E-state index is 13.6. The first-order valence-electron chi connectivity index (χ1n) is 14.2. The van der Waals surface area contributed by atoms with E-state index in [1.165, 1.54) is 5.56 Å². The highest BCUT2D eigenvalue weighted by atomic mass is 16.2. The zero-order valence-corrected chi connectivity index (χ0v) is 24.0. The maximum Gasteiger partial charge on any atom is 0.257 e. The molecule has 1 aliphatic heterocycles. The molecule has 2 atom stereocenters. The fourth-order valence-corrected chi connectivity index (χ4v) is 5.80. The number of nitrogens with two attached hydrogens (primary N) is 1. The number of benzene rings is 4. The lowest BCUT2D eigenvalue weighted by molar-refractivity contribution is -0.123. The summed E-state index contributed by atoms with van der Waals surface area (Å²) >= 11 is 0. The van der Waals surface area contributed by atoms with Crippen molar-refractivity contribution in [1.29, 1.82) is 0 Å². The lowest BCUT2D eigenvalue weighted by Crippen LogP contribution is -2.45. The minimum Gasteiger partial charge on any atom is -0.384 e. The van der Waals surface area contributed by atoms with Crippen LogP contribution in [0.1, 0.15) is 61.8 Å². The number of aryl methyl sites for hydroxylation is 3. The Morgan fingerprint density at radius 2 is 1.56 bits per heavy atom. The molecule has 0 spiro atoms. The second kappa shape index (κ2) is 12.4. The van der Waals surface area contributed by atoms with Gasteiger partial charge in [-0.3, -0.25) is 9.59 Å². The van der Waals surface area contributed by atoms with Crippen LogP contribution >= 0.6 is 0 Å². The Labute approximate surface area is 242 Å². The first-order chi connectivity index (χ1) is 19.8. The monoisotopic (exact) mass is 546 g/mol. The highest BCUT2D eigenvalue weighted by molar-refractivity contribution is 6.09. The van der Waals surface area contributed by atoms with Gasteiger partial charge in [-0.15, -0.1) is 0 Å². The molecule has 5 N–H and O–H groups in total. The molecule has 0 saturated carbocycles. The summed E-state index contributed by atoms with van der Waals surface area (Å²) in [6.07, 6.45) is 1.84. The summed E-state index contributed by atoms with van der Waals surface area (Å²) < 4.78 is 0. The van der Waals surface area contributed by atoms with Crippen LogP contribution in [0.3, 0.4) is 0 Å². The quantitative estimate of drug-likeness (QED) is 0.218. The van der Waals surface area contributed by atoms with E-state index in [4.69, 9.17) is 5.73 Å². The molecule has 41 heavy (non-hydrogen) atoms. The lowest BCUT2D eigenvalue weighted by atomic mass is 9.89. The molecule has 210 valence electrons. The van der Waals surface area contributed by atoms with Gasteiger partial charge in [0.1, 0.15) is 0 Å². The minimum atomic E-state index is -0.679. The zero-order chi connectivity index (χ0) is 28.9. The molecule has 6 nitrogen and oxygen atoms in total. The fraction of sp³-hybridized carbons (Fsp3) is 0.257. The SMILES string of the molecule is Cc1cc(C)c(C[C@H](N)C(=O)N[C@@H]2CCNc3c(C(=O)Nc4ccccc4)cc(Cc4ccccc4)cc32)c(C)c1. The van der Waals surface area contributed by atoms with Gasteiger partial charge in [-0.05, 0) is 91.6 Å². The predicted octanol–water partition coefficient (Wildman–Crippen LogP) is 6.00. The average molecular weight is 547 g/mol. The number of hydrogen-bond donors (Lipinski definition) is 4. The third kappa shape index (κ3) is 6.67. The van der Waals surface area contributed by atoms with Crippen LogP contribution < -0.4 is 21.7 Å². The Kier molecular flexibility index (Phi) is 8.50. The summed E-state index contributed by atoms with van der Waals surface area (Å²) in [5, 5.41) is 9.68. The fourth-order valence-electron chi connectivity index (χ4n) is 5.80. The van der Waals surface area contributed by atoms with Crippen molar-refractivity contribution in [3.8, 4) is 0 Å². The molecule has 0 bridgehead atoms. The average Bonchev–Trinajstić information content (AvgIpc) is 2.95. The summed E-state index contributed by atoms with van der Waals surface area (Å²) in [4.78, 5) is 27.0. The Morgan fingerprint density at radius 3 is 2.24 bits per heavy atom. The van der Waals surface area contributed by atoms with E-state index in [1.807, 2.05) is 54.6 Å². The highest BCUT2D eigenvalue weighted by Gasteiger charge is 2.28. The van der Waals surface area contributed by atoms with Gasteiger partial charge in [-0.2, -0.15) is 0 Å². The first kappa shape index (κ1) is 28.1. The number of nitrogens with one attached hydrogen (secondary N) is 3. The van der Waals surface area contributed by atoms with Crippen molar-refractivity contribution >= 4 is 23.2 Å². The summed E-state index contributed by atoms with van der Waals surface area (Å²) in [5.41, 5.74) is 16.2. The van der Waals surface area contributed by atoms with Gasteiger partial charge in [0.05, 0.1) is 23.3 Å². The van der Waals surface area contributed by atoms with Crippen LogP contribution in [0.2, 0.25) is 0 Å². The van der Waals surface area contributed by atoms with Crippen molar-refractivity contribution < 1.29 is 9.59 Å². The number of amides is 2. The Balaban J connectivity index is 1.43. The molecule has 1 aliphatic rings. The van der Waals surface area contributed by atoms with Crippen LogP contribution in [0.4, 0.5) is 11.4 Å². The molecule has 4 aromatic carbocycles. The maximum absolute atomic E-state index is 13.6. The van der Waals surface area contributed by atoms with Crippen molar-refractivity contribution in [2.24, 2.45) is 5.73 Å². The van der Waals surface area contributed by atoms with Gasteiger partial charge in [0, 0.05) is 12.2 Å². The van der Waals surface area contributed by atoms with Gasteiger partial charge in [0.2, 0.25) is 5.91 Å². The van der Waals surface area contributed by atoms with E-state index in [0.717, 1.165) is 44.8 Å². The molecule has 0 aliphatic carbocycles. The topological polar surface area (TPSA) is 96.2 Å². The summed E-state index contributed by atoms with van der Waals surface area (Å²) in [6.45, 7) is 6.84.